The van der Waals surface area contributed by atoms with Gasteiger partial charge in [0, 0.05) is 36.7 Å². The second-order valence-electron chi connectivity index (χ2n) is 7.52. The van der Waals surface area contributed by atoms with E-state index in [9.17, 15) is 4.79 Å². The molecule has 154 valence electrons. The van der Waals surface area contributed by atoms with Crippen molar-refractivity contribution in [2.45, 2.75) is 25.9 Å². The zero-order valence-corrected chi connectivity index (χ0v) is 16.8. The van der Waals surface area contributed by atoms with Gasteiger partial charge in [-0.05, 0) is 44.0 Å². The Kier molecular flexibility index (Phi) is 4.59. The Balaban J connectivity index is 1.38. The number of amides is 1. The zero-order valence-electron chi connectivity index (χ0n) is 16.8. The number of carbonyl (C=O) groups is 1. The molecule has 0 spiro atoms. The molecule has 1 amide bonds. The van der Waals surface area contributed by atoms with Crippen molar-refractivity contribution in [1.82, 2.24) is 30.2 Å². The lowest BCUT2D eigenvalue weighted by Crippen LogP contribution is -2.32. The summed E-state index contributed by atoms with van der Waals surface area (Å²) in [6, 6.07) is 9.80. The predicted octanol–water partition coefficient (Wildman–Crippen LogP) is 2.84. The van der Waals surface area contributed by atoms with Crippen LogP contribution in [0.3, 0.4) is 0 Å². The average Bonchev–Trinajstić information content (AvgIpc) is 3.51. The monoisotopic (exact) mass is 406 g/mol. The van der Waals surface area contributed by atoms with E-state index in [2.05, 4.69) is 25.5 Å². The smallest absolute Gasteiger partial charge is 0.274 e. The number of benzene rings is 1. The molecule has 1 fully saturated rings. The van der Waals surface area contributed by atoms with Gasteiger partial charge in [0.1, 0.15) is 5.69 Å². The molecule has 5 rings (SSSR count). The molecule has 4 heterocycles. The van der Waals surface area contributed by atoms with Crippen molar-refractivity contribution in [1.29, 1.82) is 0 Å². The molecule has 0 aliphatic carbocycles. The van der Waals surface area contributed by atoms with Crippen LogP contribution in [0, 0.1) is 6.92 Å². The summed E-state index contributed by atoms with van der Waals surface area (Å²) in [6.45, 7) is 3.06. The van der Waals surface area contributed by atoms with Crippen LogP contribution in [0.2, 0.25) is 0 Å². The van der Waals surface area contributed by atoms with Gasteiger partial charge in [-0.15, -0.1) is 0 Å². The van der Waals surface area contributed by atoms with Crippen molar-refractivity contribution in [3.8, 4) is 22.8 Å². The number of nitrogens with zero attached hydrogens (tertiary/aromatic N) is 4. The highest BCUT2D eigenvalue weighted by atomic mass is 16.5. The summed E-state index contributed by atoms with van der Waals surface area (Å²) < 4.78 is 12.5. The van der Waals surface area contributed by atoms with Gasteiger partial charge in [0.25, 0.3) is 11.8 Å². The van der Waals surface area contributed by atoms with Crippen LogP contribution in [0.1, 0.15) is 29.2 Å². The zero-order chi connectivity index (χ0) is 20.7. The Hall–Kier alpha value is -3.46. The molecule has 0 radical (unpaired) electrons. The lowest BCUT2D eigenvalue weighted by Gasteiger charge is -2.09. The average molecular weight is 406 g/mol. The Morgan fingerprint density at radius 3 is 3.00 bits per heavy atom. The Morgan fingerprint density at radius 2 is 2.23 bits per heavy atom. The van der Waals surface area contributed by atoms with E-state index in [1.807, 2.05) is 31.3 Å². The molecule has 30 heavy (non-hydrogen) atoms. The minimum Gasteiger partial charge on any atom is -0.376 e. The summed E-state index contributed by atoms with van der Waals surface area (Å²) in [4.78, 5) is 20.1. The van der Waals surface area contributed by atoms with E-state index in [1.54, 1.807) is 17.7 Å². The molecule has 0 unspecified atom stereocenters. The number of hydrogen-bond acceptors (Lipinski definition) is 6. The van der Waals surface area contributed by atoms with Gasteiger partial charge < -0.3 is 19.6 Å². The van der Waals surface area contributed by atoms with Gasteiger partial charge in [-0.1, -0.05) is 11.2 Å². The summed E-state index contributed by atoms with van der Waals surface area (Å²) >= 11 is 0. The van der Waals surface area contributed by atoms with Crippen molar-refractivity contribution >= 4 is 16.8 Å². The van der Waals surface area contributed by atoms with Crippen LogP contribution in [-0.2, 0) is 11.8 Å². The number of aromatic nitrogens is 5. The number of aromatic amines is 1. The number of aryl methyl sites for hydroxylation is 2. The molecule has 2 N–H and O–H groups in total. The number of ether oxygens (including phenoxy) is 1. The third kappa shape index (κ3) is 3.48. The van der Waals surface area contributed by atoms with Gasteiger partial charge in [-0.2, -0.15) is 10.1 Å². The third-order valence-electron chi connectivity index (χ3n) is 5.30. The molecular weight excluding hydrogens is 384 g/mol. The van der Waals surface area contributed by atoms with E-state index in [-0.39, 0.29) is 12.0 Å². The number of fused-ring (bicyclic) bond motifs is 1. The number of rotatable bonds is 5. The molecule has 1 aliphatic rings. The van der Waals surface area contributed by atoms with Crippen LogP contribution in [-0.4, -0.2) is 50.1 Å². The summed E-state index contributed by atoms with van der Waals surface area (Å²) in [5, 5.41) is 12.1. The van der Waals surface area contributed by atoms with Gasteiger partial charge in [0.15, 0.2) is 11.5 Å². The van der Waals surface area contributed by atoms with Crippen LogP contribution in [0.4, 0.5) is 0 Å². The fourth-order valence-corrected chi connectivity index (χ4v) is 3.76. The van der Waals surface area contributed by atoms with Crippen LogP contribution < -0.4 is 5.32 Å². The topological polar surface area (TPSA) is 111 Å². The molecule has 1 aromatic carbocycles. The Morgan fingerprint density at radius 1 is 1.33 bits per heavy atom. The number of carbonyl (C=O) groups excluding carboxylic acids is 1. The molecule has 9 nitrogen and oxygen atoms in total. The summed E-state index contributed by atoms with van der Waals surface area (Å²) in [6.07, 6.45) is 2.13. The second-order valence-corrected chi connectivity index (χ2v) is 7.52. The summed E-state index contributed by atoms with van der Waals surface area (Å²) in [5.74, 6) is 0.852. The molecule has 0 saturated carbocycles. The highest BCUT2D eigenvalue weighted by molar-refractivity contribution is 5.94. The minimum atomic E-state index is -0.191. The standard InChI is InChI=1S/C21H22N6O3/c1-12-23-21(30-26-12)18-9-14-8-13(5-6-16(14)24-18)19-10-17(25-27(19)2)20(28)22-11-15-4-3-7-29-15/h5-6,8-10,15,24H,3-4,7,11H2,1-2H3,(H,22,28)/t15-/m0/s1. The minimum absolute atomic E-state index is 0.102. The lowest BCUT2D eigenvalue weighted by molar-refractivity contribution is 0.0853. The van der Waals surface area contributed by atoms with Crippen molar-refractivity contribution in [2.75, 3.05) is 13.2 Å². The molecule has 9 heteroatoms. The lowest BCUT2D eigenvalue weighted by atomic mass is 10.1. The largest absolute Gasteiger partial charge is 0.376 e. The van der Waals surface area contributed by atoms with Crippen molar-refractivity contribution in [3.63, 3.8) is 0 Å². The maximum absolute atomic E-state index is 12.5. The van der Waals surface area contributed by atoms with E-state index in [0.29, 0.717) is 24.0 Å². The number of H-pyrrole nitrogens is 1. The van der Waals surface area contributed by atoms with E-state index in [1.165, 1.54) is 0 Å². The van der Waals surface area contributed by atoms with E-state index in [0.717, 1.165) is 47.3 Å². The Labute approximate surface area is 172 Å². The van der Waals surface area contributed by atoms with Crippen LogP contribution in [0.15, 0.2) is 34.9 Å². The Bertz CT molecular complexity index is 1210. The molecule has 3 aromatic heterocycles. The van der Waals surface area contributed by atoms with E-state index in [4.69, 9.17) is 9.26 Å². The molecule has 1 atom stereocenters. The second kappa shape index (κ2) is 7.42. The number of nitrogens with one attached hydrogen (secondary N) is 2. The van der Waals surface area contributed by atoms with Crippen LogP contribution in [0.5, 0.6) is 0 Å². The maximum atomic E-state index is 12.5. The summed E-state index contributed by atoms with van der Waals surface area (Å²) in [7, 11) is 1.83. The first-order valence-corrected chi connectivity index (χ1v) is 9.94. The normalized spacial score (nSPS) is 16.4. The number of hydrogen-bond donors (Lipinski definition) is 2. The molecule has 4 aromatic rings. The first-order chi connectivity index (χ1) is 14.6. The molecule has 1 aliphatic heterocycles. The van der Waals surface area contributed by atoms with Crippen LogP contribution >= 0.6 is 0 Å². The fourth-order valence-electron chi connectivity index (χ4n) is 3.76. The van der Waals surface area contributed by atoms with Gasteiger partial charge in [0.2, 0.25) is 0 Å². The summed E-state index contributed by atoms with van der Waals surface area (Å²) in [5.41, 5.74) is 3.93. The SMILES string of the molecule is Cc1noc(-c2cc3cc(-c4cc(C(=O)NC[C@@H]5CCCO5)nn4C)ccc3[nH]2)n1. The predicted molar refractivity (Wildman–Crippen MR) is 110 cm³/mol. The van der Waals surface area contributed by atoms with Crippen molar-refractivity contribution < 1.29 is 14.1 Å². The maximum Gasteiger partial charge on any atom is 0.274 e. The van der Waals surface area contributed by atoms with Gasteiger partial charge in [-0.3, -0.25) is 9.48 Å². The van der Waals surface area contributed by atoms with Gasteiger partial charge in [-0.25, -0.2) is 0 Å². The van der Waals surface area contributed by atoms with Crippen molar-refractivity contribution in [3.05, 3.63) is 41.9 Å². The fraction of sp³-hybridized carbons (Fsp3) is 0.333. The van der Waals surface area contributed by atoms with Crippen molar-refractivity contribution in [2.24, 2.45) is 7.05 Å². The molecular formula is C21H22N6O3. The first kappa shape index (κ1) is 18.6. The highest BCUT2D eigenvalue weighted by Gasteiger charge is 2.19. The third-order valence-corrected chi connectivity index (χ3v) is 5.30. The van der Waals surface area contributed by atoms with E-state index < -0.39 is 0 Å². The molecule has 1 saturated heterocycles. The van der Waals surface area contributed by atoms with Gasteiger partial charge >= 0.3 is 0 Å². The highest BCUT2D eigenvalue weighted by Crippen LogP contribution is 2.28. The van der Waals surface area contributed by atoms with Crippen LogP contribution in [0.25, 0.3) is 33.7 Å². The van der Waals surface area contributed by atoms with E-state index >= 15 is 0 Å². The first-order valence-electron chi connectivity index (χ1n) is 9.94. The quantitative estimate of drug-likeness (QED) is 0.527. The van der Waals surface area contributed by atoms with Gasteiger partial charge in [0.05, 0.1) is 11.8 Å². The molecule has 0 bridgehead atoms.